The summed E-state index contributed by atoms with van der Waals surface area (Å²) in [4.78, 5) is 10.5. The van der Waals surface area contributed by atoms with Crippen LogP contribution in [-0.2, 0) is 6.54 Å². The summed E-state index contributed by atoms with van der Waals surface area (Å²) in [6.45, 7) is 0.442. The topological polar surface area (TPSA) is 55.2 Å². The van der Waals surface area contributed by atoms with Crippen molar-refractivity contribution in [1.82, 2.24) is 0 Å². The molecule has 2 rings (SSSR count). The third kappa shape index (κ3) is 3.19. The monoisotopic (exact) mass is 354 g/mol. The Kier molecular flexibility index (Phi) is 4.14. The second kappa shape index (κ2) is 5.81. The van der Waals surface area contributed by atoms with Gasteiger partial charge in [0.15, 0.2) is 0 Å². The average molecular weight is 354 g/mol. The van der Waals surface area contributed by atoms with Crippen LogP contribution in [0.5, 0.6) is 0 Å². The van der Waals surface area contributed by atoms with Gasteiger partial charge in [-0.3, -0.25) is 10.1 Å². The highest BCUT2D eigenvalue weighted by Gasteiger charge is 2.11. The predicted octanol–water partition coefficient (Wildman–Crippen LogP) is 3.81. The minimum Gasteiger partial charge on any atom is -0.381 e. The van der Waals surface area contributed by atoms with Gasteiger partial charge in [0.1, 0.15) is 0 Å². The number of anilines is 1. The summed E-state index contributed by atoms with van der Waals surface area (Å²) in [5.74, 6) is 0. The van der Waals surface area contributed by atoms with Gasteiger partial charge < -0.3 is 5.32 Å². The van der Waals surface area contributed by atoms with Gasteiger partial charge in [-0.05, 0) is 46.9 Å². The fourth-order valence-electron chi connectivity index (χ4n) is 1.60. The van der Waals surface area contributed by atoms with Crippen molar-refractivity contribution in [3.05, 3.63) is 67.8 Å². The highest BCUT2D eigenvalue weighted by Crippen LogP contribution is 2.19. The van der Waals surface area contributed by atoms with Gasteiger partial charge in [0, 0.05) is 27.4 Å². The van der Waals surface area contributed by atoms with E-state index in [0.29, 0.717) is 12.1 Å². The van der Waals surface area contributed by atoms with E-state index in [9.17, 15) is 10.1 Å². The van der Waals surface area contributed by atoms with Crippen LogP contribution in [-0.4, -0.2) is 4.92 Å². The molecule has 18 heavy (non-hydrogen) atoms. The van der Waals surface area contributed by atoms with Crippen LogP contribution >= 0.6 is 22.6 Å². The number of rotatable bonds is 4. The normalized spacial score (nSPS) is 10.1. The van der Waals surface area contributed by atoms with E-state index in [1.54, 1.807) is 18.2 Å². The van der Waals surface area contributed by atoms with Crippen LogP contribution in [0.3, 0.4) is 0 Å². The zero-order chi connectivity index (χ0) is 13.0. The lowest BCUT2D eigenvalue weighted by Gasteiger charge is -2.07. The lowest BCUT2D eigenvalue weighted by Crippen LogP contribution is -2.02. The Morgan fingerprint density at radius 1 is 1.11 bits per heavy atom. The second-order valence-electron chi connectivity index (χ2n) is 3.75. The van der Waals surface area contributed by atoms with E-state index in [2.05, 4.69) is 27.9 Å². The molecule has 0 radical (unpaired) electrons. The van der Waals surface area contributed by atoms with Crippen LogP contribution in [0.25, 0.3) is 0 Å². The number of nitro benzene ring substituents is 1. The molecule has 0 amide bonds. The highest BCUT2D eigenvalue weighted by atomic mass is 127. The van der Waals surface area contributed by atoms with Gasteiger partial charge in [-0.15, -0.1) is 0 Å². The maximum absolute atomic E-state index is 10.9. The summed E-state index contributed by atoms with van der Waals surface area (Å²) in [5, 5.41) is 14.0. The van der Waals surface area contributed by atoms with Gasteiger partial charge in [-0.1, -0.05) is 18.2 Å². The molecule has 0 aliphatic carbocycles. The first-order chi connectivity index (χ1) is 8.66. The number of halogens is 1. The molecule has 1 N–H and O–H groups in total. The summed E-state index contributed by atoms with van der Waals surface area (Å²) in [6.07, 6.45) is 0. The maximum Gasteiger partial charge on any atom is 0.274 e. The van der Waals surface area contributed by atoms with Crippen molar-refractivity contribution >= 4 is 34.0 Å². The van der Waals surface area contributed by atoms with E-state index in [4.69, 9.17) is 0 Å². The number of hydrogen-bond donors (Lipinski definition) is 1. The molecule has 0 saturated heterocycles. The Labute approximate surface area is 118 Å². The lowest BCUT2D eigenvalue weighted by molar-refractivity contribution is -0.385. The molecule has 0 fully saturated rings. The Bertz CT molecular complexity index is 555. The molecule has 0 bridgehead atoms. The minimum absolute atomic E-state index is 0.149. The minimum atomic E-state index is -0.356. The summed E-state index contributed by atoms with van der Waals surface area (Å²) in [5.41, 5.74) is 1.78. The molecule has 5 heteroatoms. The number of nitro groups is 1. The average Bonchev–Trinajstić information content (AvgIpc) is 2.38. The molecular weight excluding hydrogens is 343 g/mol. The number of nitrogens with one attached hydrogen (secondary N) is 1. The fraction of sp³-hybridized carbons (Fsp3) is 0.0769. The highest BCUT2D eigenvalue weighted by molar-refractivity contribution is 14.1. The van der Waals surface area contributed by atoms with E-state index >= 15 is 0 Å². The molecule has 4 nitrogen and oxygen atoms in total. The van der Waals surface area contributed by atoms with Crippen LogP contribution in [0, 0.1) is 13.7 Å². The van der Waals surface area contributed by atoms with E-state index < -0.39 is 0 Å². The van der Waals surface area contributed by atoms with Crippen molar-refractivity contribution in [3.8, 4) is 0 Å². The molecule has 2 aromatic rings. The second-order valence-corrected chi connectivity index (χ2v) is 4.99. The first-order valence-corrected chi connectivity index (χ1v) is 6.46. The fourth-order valence-corrected chi connectivity index (χ4v) is 1.96. The molecule has 0 atom stereocenters. The SMILES string of the molecule is O=[N+]([O-])c1ccccc1CNc1ccc(I)cc1. The van der Waals surface area contributed by atoms with Crippen molar-refractivity contribution in [2.75, 3.05) is 5.32 Å². The summed E-state index contributed by atoms with van der Waals surface area (Å²) < 4.78 is 1.16. The predicted molar refractivity (Wildman–Crippen MR) is 79.6 cm³/mol. The van der Waals surface area contributed by atoms with Gasteiger partial charge in [-0.25, -0.2) is 0 Å². The molecule has 92 valence electrons. The zero-order valence-electron chi connectivity index (χ0n) is 9.47. The summed E-state index contributed by atoms with van der Waals surface area (Å²) >= 11 is 2.23. The molecular formula is C13H11IN2O2. The molecule has 0 aromatic heterocycles. The maximum atomic E-state index is 10.9. The standard InChI is InChI=1S/C13H11IN2O2/c14-11-5-7-12(8-6-11)15-9-10-3-1-2-4-13(10)16(17)18/h1-8,15H,9H2. The largest absolute Gasteiger partial charge is 0.381 e. The molecule has 0 aliphatic heterocycles. The molecule has 0 saturated carbocycles. The van der Waals surface area contributed by atoms with Crippen molar-refractivity contribution in [2.45, 2.75) is 6.54 Å². The first-order valence-electron chi connectivity index (χ1n) is 5.38. The van der Waals surface area contributed by atoms with Crippen LogP contribution < -0.4 is 5.32 Å². The van der Waals surface area contributed by atoms with E-state index in [1.165, 1.54) is 6.07 Å². The molecule has 0 heterocycles. The van der Waals surface area contributed by atoms with Crippen LogP contribution in [0.15, 0.2) is 48.5 Å². The summed E-state index contributed by atoms with van der Waals surface area (Å²) in [7, 11) is 0. The Hall–Kier alpha value is -1.63. The van der Waals surface area contributed by atoms with Crippen LogP contribution in [0.1, 0.15) is 5.56 Å². The van der Waals surface area contributed by atoms with Crippen LogP contribution in [0.4, 0.5) is 11.4 Å². The number of para-hydroxylation sites is 1. The molecule has 0 spiro atoms. The zero-order valence-corrected chi connectivity index (χ0v) is 11.6. The van der Waals surface area contributed by atoms with Crippen LogP contribution in [0.2, 0.25) is 0 Å². The third-order valence-electron chi connectivity index (χ3n) is 2.52. The summed E-state index contributed by atoms with van der Waals surface area (Å²) in [6, 6.07) is 14.6. The quantitative estimate of drug-likeness (QED) is 0.516. The Morgan fingerprint density at radius 3 is 2.44 bits per heavy atom. The van der Waals surface area contributed by atoms with Crippen molar-refractivity contribution in [2.24, 2.45) is 0 Å². The molecule has 2 aromatic carbocycles. The van der Waals surface area contributed by atoms with Gasteiger partial charge in [0.2, 0.25) is 0 Å². The molecule has 0 unspecified atom stereocenters. The van der Waals surface area contributed by atoms with Crippen molar-refractivity contribution in [3.63, 3.8) is 0 Å². The third-order valence-corrected chi connectivity index (χ3v) is 3.23. The number of benzene rings is 2. The van der Waals surface area contributed by atoms with Gasteiger partial charge in [0.05, 0.1) is 4.92 Å². The van der Waals surface area contributed by atoms with Crippen molar-refractivity contribution in [1.29, 1.82) is 0 Å². The number of hydrogen-bond acceptors (Lipinski definition) is 3. The van der Waals surface area contributed by atoms with Gasteiger partial charge in [-0.2, -0.15) is 0 Å². The smallest absolute Gasteiger partial charge is 0.274 e. The number of nitrogens with zero attached hydrogens (tertiary/aromatic N) is 1. The van der Waals surface area contributed by atoms with Crippen molar-refractivity contribution < 1.29 is 4.92 Å². The lowest BCUT2D eigenvalue weighted by atomic mass is 10.2. The first kappa shape index (κ1) is 12.8. The van der Waals surface area contributed by atoms with E-state index in [-0.39, 0.29) is 10.6 Å². The van der Waals surface area contributed by atoms with E-state index in [0.717, 1.165) is 9.26 Å². The Morgan fingerprint density at radius 2 is 1.78 bits per heavy atom. The van der Waals surface area contributed by atoms with Gasteiger partial charge >= 0.3 is 0 Å². The van der Waals surface area contributed by atoms with E-state index in [1.807, 2.05) is 24.3 Å². The van der Waals surface area contributed by atoms with Gasteiger partial charge in [0.25, 0.3) is 5.69 Å². The Balaban J connectivity index is 2.10. The molecule has 0 aliphatic rings.